The lowest BCUT2D eigenvalue weighted by Gasteiger charge is -2.43. The van der Waals surface area contributed by atoms with Crippen molar-refractivity contribution in [1.82, 2.24) is 4.98 Å². The number of H-pyrrole nitrogens is 1. The number of carbonyl (C=O) groups excluding carboxylic acids is 1. The molecule has 6 nitrogen and oxygen atoms in total. The number of nitrogens with two attached hydrogens (primary N) is 1. The zero-order valence-corrected chi connectivity index (χ0v) is 28.7. The number of hydrogen-bond acceptors (Lipinski definition) is 4. The number of amides is 1. The summed E-state index contributed by atoms with van der Waals surface area (Å²) in [7, 11) is -2.72. The van der Waals surface area contributed by atoms with Gasteiger partial charge in [-0.25, -0.2) is 0 Å². The number of carbonyl (C=O) groups is 1. The Kier molecular flexibility index (Phi) is 8.41. The van der Waals surface area contributed by atoms with Crippen LogP contribution in [0.25, 0.3) is 22.0 Å². The lowest BCUT2D eigenvalue weighted by molar-refractivity contribution is 0.0986. The number of rotatable bonds is 7. The summed E-state index contributed by atoms with van der Waals surface area (Å²) in [5.74, 6) is -0.0721. The molecule has 242 valence electrons. The fourth-order valence-corrected chi connectivity index (χ4v) is 11.8. The Morgan fingerprint density at radius 2 is 1.54 bits per heavy atom. The molecule has 1 amide bonds. The van der Waals surface area contributed by atoms with Crippen molar-refractivity contribution in [3.63, 3.8) is 0 Å². The van der Waals surface area contributed by atoms with Crippen LogP contribution in [0, 0.1) is 0 Å². The molecule has 0 saturated carbocycles. The van der Waals surface area contributed by atoms with Crippen molar-refractivity contribution in [2.75, 3.05) is 29.1 Å². The van der Waals surface area contributed by atoms with Crippen LogP contribution >= 0.6 is 0 Å². The van der Waals surface area contributed by atoms with E-state index in [2.05, 4.69) is 110 Å². The molecule has 7 rings (SSSR count). The van der Waals surface area contributed by atoms with Crippen LogP contribution in [-0.4, -0.2) is 38.4 Å². The molecule has 1 aliphatic heterocycles. The Morgan fingerprint density at radius 1 is 0.854 bits per heavy atom. The second-order valence-corrected chi connectivity index (χ2v) is 18.0. The second-order valence-electron chi connectivity index (χ2n) is 13.7. The van der Waals surface area contributed by atoms with Gasteiger partial charge >= 0.3 is 0 Å². The first kappa shape index (κ1) is 31.5. The molecule has 0 saturated heterocycles. The van der Waals surface area contributed by atoms with Gasteiger partial charge in [0.25, 0.3) is 14.2 Å². The van der Waals surface area contributed by atoms with Crippen LogP contribution in [0.5, 0.6) is 0 Å². The van der Waals surface area contributed by atoms with Crippen molar-refractivity contribution < 1.29 is 9.22 Å². The Hall–Kier alpha value is -5.11. The number of fused-ring (bicyclic) bond motifs is 2. The Bertz CT molecular complexity index is 2010. The summed E-state index contributed by atoms with van der Waals surface area (Å²) in [5.41, 5.74) is 12.5. The first-order valence-corrected chi connectivity index (χ1v) is 18.5. The minimum absolute atomic E-state index is 0.00129. The molecule has 1 aliphatic rings. The summed E-state index contributed by atoms with van der Waals surface area (Å²) >= 11 is 0. The topological polar surface area (TPSA) is 83.4 Å². The summed E-state index contributed by atoms with van der Waals surface area (Å²) < 4.78 is 7.30. The average molecular weight is 651 g/mol. The maximum absolute atomic E-state index is 14.2. The van der Waals surface area contributed by atoms with E-state index < -0.39 is 8.32 Å². The van der Waals surface area contributed by atoms with E-state index in [-0.39, 0.29) is 17.0 Å². The highest BCUT2D eigenvalue weighted by Crippen LogP contribution is 2.38. The molecule has 0 bridgehead atoms. The van der Waals surface area contributed by atoms with Crippen LogP contribution in [0.1, 0.15) is 37.6 Å². The fraction of sp³-hybridized carbons (Fsp3) is 0.195. The van der Waals surface area contributed by atoms with Gasteiger partial charge in [-0.2, -0.15) is 0 Å². The number of benzene rings is 5. The number of para-hydroxylation sites is 2. The summed E-state index contributed by atoms with van der Waals surface area (Å²) in [6.45, 7) is 7.95. The lowest BCUT2D eigenvalue weighted by atomic mass is 10.00. The monoisotopic (exact) mass is 650 g/mol. The van der Waals surface area contributed by atoms with E-state index in [9.17, 15) is 4.79 Å². The van der Waals surface area contributed by atoms with E-state index in [1.54, 1.807) is 0 Å². The van der Waals surface area contributed by atoms with Crippen LogP contribution < -0.4 is 26.3 Å². The fourth-order valence-electron chi connectivity index (χ4n) is 7.19. The number of nitrogens with zero attached hydrogens (tertiary/aromatic N) is 1. The SMILES string of the molecule is CC(C)(C)[Si](OCC1CCN(C(=O)c2ccc(-c3ccc4[nH]ccc4c3)c(N)c2)c2ccccc2N1)(c1ccccc1)c1ccccc1. The van der Waals surface area contributed by atoms with E-state index in [0.717, 1.165) is 39.8 Å². The standard InChI is InChI=1S/C41H42N4O2Si/c1-41(2,3)48(33-12-6-4-7-13-33,34-14-8-5-9-15-34)47-28-32-23-25-45(39-17-11-10-16-38(39)44-32)40(46)31-18-20-35(36(42)27-31)29-19-21-37-30(26-29)22-24-43-37/h4-22,24,26-27,32,43-44H,23,25,28,42H2,1-3H3. The van der Waals surface area contributed by atoms with Gasteiger partial charge in [-0.05, 0) is 75.2 Å². The second kappa shape index (κ2) is 12.8. The van der Waals surface area contributed by atoms with Crippen LogP contribution in [0.2, 0.25) is 5.04 Å². The number of hydrogen-bond donors (Lipinski definition) is 3. The molecule has 1 aromatic heterocycles. The molecular weight excluding hydrogens is 609 g/mol. The third-order valence-electron chi connectivity index (χ3n) is 9.58. The van der Waals surface area contributed by atoms with Crippen LogP contribution in [0.15, 0.2) is 134 Å². The maximum Gasteiger partial charge on any atom is 0.261 e. The predicted molar refractivity (Wildman–Crippen MR) is 202 cm³/mol. The summed E-state index contributed by atoms with van der Waals surface area (Å²) in [6, 6.07) is 43.4. The number of nitrogen functional groups attached to an aromatic ring is 1. The largest absolute Gasteiger partial charge is 0.405 e. The predicted octanol–water partition coefficient (Wildman–Crippen LogP) is 7.82. The molecule has 0 aliphatic carbocycles. The molecule has 5 aromatic carbocycles. The molecule has 4 N–H and O–H groups in total. The summed E-state index contributed by atoms with van der Waals surface area (Å²) in [6.07, 6.45) is 2.66. The van der Waals surface area contributed by atoms with Gasteiger partial charge in [-0.3, -0.25) is 4.79 Å². The molecule has 2 heterocycles. The van der Waals surface area contributed by atoms with Gasteiger partial charge in [0.1, 0.15) is 0 Å². The van der Waals surface area contributed by atoms with E-state index in [4.69, 9.17) is 10.2 Å². The van der Waals surface area contributed by atoms with Gasteiger partial charge in [0.05, 0.1) is 18.0 Å². The van der Waals surface area contributed by atoms with Gasteiger partial charge in [-0.15, -0.1) is 0 Å². The van der Waals surface area contributed by atoms with E-state index in [1.807, 2.05) is 59.6 Å². The Morgan fingerprint density at radius 3 is 2.23 bits per heavy atom. The highest BCUT2D eigenvalue weighted by atomic mass is 28.4. The molecule has 7 heteroatoms. The summed E-state index contributed by atoms with van der Waals surface area (Å²) in [4.78, 5) is 19.3. The highest BCUT2D eigenvalue weighted by Gasteiger charge is 2.50. The molecule has 0 spiro atoms. The van der Waals surface area contributed by atoms with Crippen LogP contribution in [-0.2, 0) is 4.43 Å². The average Bonchev–Trinajstić information content (AvgIpc) is 3.49. The van der Waals surface area contributed by atoms with Gasteiger partial charge in [0.2, 0.25) is 0 Å². The van der Waals surface area contributed by atoms with Gasteiger partial charge < -0.3 is 25.4 Å². The first-order chi connectivity index (χ1) is 23.2. The minimum atomic E-state index is -2.72. The number of aromatic amines is 1. The normalized spacial score (nSPS) is 15.1. The van der Waals surface area contributed by atoms with Crippen molar-refractivity contribution >= 4 is 52.6 Å². The highest BCUT2D eigenvalue weighted by molar-refractivity contribution is 6.99. The van der Waals surface area contributed by atoms with Crippen molar-refractivity contribution in [3.8, 4) is 11.1 Å². The maximum atomic E-state index is 14.2. The smallest absolute Gasteiger partial charge is 0.261 e. The van der Waals surface area contributed by atoms with Gasteiger partial charge in [-0.1, -0.05) is 106 Å². The molecule has 1 atom stereocenters. The van der Waals surface area contributed by atoms with Crippen LogP contribution in [0.3, 0.4) is 0 Å². The Balaban J connectivity index is 1.16. The van der Waals surface area contributed by atoms with Crippen molar-refractivity contribution in [2.45, 2.75) is 38.3 Å². The number of nitrogens with one attached hydrogen (secondary N) is 2. The zero-order chi connectivity index (χ0) is 33.3. The molecule has 6 aromatic rings. The van der Waals surface area contributed by atoms with E-state index in [0.29, 0.717) is 24.4 Å². The number of anilines is 3. The van der Waals surface area contributed by atoms with Crippen molar-refractivity contribution in [2.24, 2.45) is 0 Å². The third kappa shape index (κ3) is 5.80. The van der Waals surface area contributed by atoms with E-state index >= 15 is 0 Å². The van der Waals surface area contributed by atoms with E-state index in [1.165, 1.54) is 10.4 Å². The number of aromatic nitrogens is 1. The lowest BCUT2D eigenvalue weighted by Crippen LogP contribution is -2.67. The molecule has 0 fully saturated rings. The summed E-state index contributed by atoms with van der Waals surface area (Å²) in [5, 5.41) is 7.25. The minimum Gasteiger partial charge on any atom is -0.405 e. The van der Waals surface area contributed by atoms with Gasteiger partial charge in [0.15, 0.2) is 0 Å². The quantitative estimate of drug-likeness (QED) is 0.122. The zero-order valence-electron chi connectivity index (χ0n) is 27.7. The van der Waals surface area contributed by atoms with Crippen molar-refractivity contribution in [1.29, 1.82) is 0 Å². The first-order valence-electron chi connectivity index (χ1n) is 16.6. The third-order valence-corrected chi connectivity index (χ3v) is 14.6. The van der Waals surface area contributed by atoms with Crippen molar-refractivity contribution in [3.05, 3.63) is 139 Å². The molecule has 0 radical (unpaired) electrons. The molecule has 1 unspecified atom stereocenters. The molecular formula is C41H42N4O2Si. The van der Waals surface area contributed by atoms with Gasteiger partial charge in [0, 0.05) is 41.1 Å². The van der Waals surface area contributed by atoms with Crippen LogP contribution in [0.4, 0.5) is 17.1 Å². The Labute approximate surface area is 283 Å². The molecule has 48 heavy (non-hydrogen) atoms.